The zero-order valence-corrected chi connectivity index (χ0v) is 15.6. The topological polar surface area (TPSA) is 45.2 Å². The molecule has 2 aliphatic rings. The molecule has 4 nitrogen and oxygen atoms in total. The van der Waals surface area contributed by atoms with Crippen molar-refractivity contribution in [3.63, 3.8) is 0 Å². The quantitative estimate of drug-likeness (QED) is 0.867. The van der Waals surface area contributed by atoms with Gasteiger partial charge in [-0.1, -0.05) is 30.3 Å². The maximum atomic E-state index is 13.1. The smallest absolute Gasteiger partial charge is 0.255 e. The predicted octanol–water partition coefficient (Wildman–Crippen LogP) is 3.56. The normalized spacial score (nSPS) is 21.7. The number of hydrogen-bond acceptors (Lipinski definition) is 3. The lowest BCUT2D eigenvalue weighted by molar-refractivity contribution is 0.0680. The molecule has 2 aliphatic heterocycles. The molecule has 2 fully saturated rings. The minimum absolute atomic E-state index is 0. The van der Waals surface area contributed by atoms with Crippen LogP contribution in [-0.2, 0) is 0 Å². The van der Waals surface area contributed by atoms with Crippen LogP contribution in [0.15, 0.2) is 48.8 Å². The van der Waals surface area contributed by atoms with E-state index in [0.717, 1.165) is 43.5 Å². The number of carbonyl (C=O) groups is 1. The number of rotatable bonds is 2. The average molecular weight is 380 g/mol. The molecule has 1 amide bonds. The van der Waals surface area contributed by atoms with E-state index in [1.165, 1.54) is 0 Å². The molecule has 0 aliphatic carbocycles. The first-order valence-corrected chi connectivity index (χ1v) is 8.37. The minimum atomic E-state index is 0. The summed E-state index contributed by atoms with van der Waals surface area (Å²) in [6.45, 7) is 1.92. The summed E-state index contributed by atoms with van der Waals surface area (Å²) in [6, 6.07) is 12.8. The van der Waals surface area contributed by atoms with Gasteiger partial charge in [-0.05, 0) is 37.4 Å². The fourth-order valence-electron chi connectivity index (χ4n) is 3.81. The van der Waals surface area contributed by atoms with E-state index in [9.17, 15) is 4.79 Å². The molecule has 2 bridgehead atoms. The largest absolute Gasteiger partial charge is 0.331 e. The van der Waals surface area contributed by atoms with E-state index in [4.69, 9.17) is 0 Å². The Balaban J connectivity index is 0.00000113. The molecular formula is C19H23Cl2N3O. The van der Waals surface area contributed by atoms with Crippen LogP contribution in [0.5, 0.6) is 0 Å². The van der Waals surface area contributed by atoms with E-state index < -0.39 is 0 Å². The van der Waals surface area contributed by atoms with E-state index >= 15 is 0 Å². The Labute approximate surface area is 160 Å². The number of carbonyl (C=O) groups excluding carboxylic acids is 1. The molecule has 1 aromatic carbocycles. The van der Waals surface area contributed by atoms with Crippen molar-refractivity contribution in [3.05, 3.63) is 54.4 Å². The monoisotopic (exact) mass is 379 g/mol. The van der Waals surface area contributed by atoms with Crippen molar-refractivity contribution < 1.29 is 4.79 Å². The van der Waals surface area contributed by atoms with E-state index in [1.807, 2.05) is 42.6 Å². The number of halogens is 2. The third-order valence-electron chi connectivity index (χ3n) is 4.98. The van der Waals surface area contributed by atoms with Crippen molar-refractivity contribution in [2.24, 2.45) is 0 Å². The minimum Gasteiger partial charge on any atom is -0.331 e. The predicted molar refractivity (Wildman–Crippen MR) is 105 cm³/mol. The fourth-order valence-corrected chi connectivity index (χ4v) is 3.81. The molecule has 2 atom stereocenters. The van der Waals surface area contributed by atoms with Gasteiger partial charge in [-0.2, -0.15) is 0 Å². The summed E-state index contributed by atoms with van der Waals surface area (Å²) < 4.78 is 0. The molecule has 0 saturated carbocycles. The first-order chi connectivity index (χ1) is 11.3. The summed E-state index contributed by atoms with van der Waals surface area (Å²) in [5, 5.41) is 3.44. The van der Waals surface area contributed by atoms with Crippen molar-refractivity contribution in [2.45, 2.75) is 31.3 Å². The first-order valence-electron chi connectivity index (χ1n) is 8.37. The summed E-state index contributed by atoms with van der Waals surface area (Å²) in [6.07, 6.45) is 6.81. The Morgan fingerprint density at radius 1 is 1.00 bits per heavy atom. The third-order valence-corrected chi connectivity index (χ3v) is 4.98. The van der Waals surface area contributed by atoms with Crippen LogP contribution in [-0.4, -0.2) is 41.0 Å². The molecule has 2 aromatic rings. The Kier molecular flexibility index (Phi) is 6.82. The number of pyridine rings is 1. The Hall–Kier alpha value is -1.62. The van der Waals surface area contributed by atoms with E-state index in [2.05, 4.69) is 15.2 Å². The highest BCUT2D eigenvalue weighted by Crippen LogP contribution is 2.30. The second-order valence-electron chi connectivity index (χ2n) is 6.42. The highest BCUT2D eigenvalue weighted by atomic mass is 35.5. The molecule has 25 heavy (non-hydrogen) atoms. The van der Waals surface area contributed by atoms with Gasteiger partial charge in [0.2, 0.25) is 0 Å². The summed E-state index contributed by atoms with van der Waals surface area (Å²) in [5.41, 5.74) is 2.79. The Morgan fingerprint density at radius 3 is 2.56 bits per heavy atom. The number of fused-ring (bicyclic) bond motifs is 2. The van der Waals surface area contributed by atoms with E-state index in [0.29, 0.717) is 17.6 Å². The van der Waals surface area contributed by atoms with Crippen LogP contribution in [0.25, 0.3) is 11.1 Å². The summed E-state index contributed by atoms with van der Waals surface area (Å²) >= 11 is 0. The van der Waals surface area contributed by atoms with Gasteiger partial charge in [-0.25, -0.2) is 0 Å². The first kappa shape index (κ1) is 19.7. The standard InChI is InChI=1S/C19H21N3O.2ClH/c23-19(22-17-6-7-18(22)13-20-9-8-17)16-10-15(11-21-12-16)14-4-2-1-3-5-14;;/h1-5,10-12,17-18,20H,6-9,13H2;2*1H. The maximum Gasteiger partial charge on any atom is 0.255 e. The van der Waals surface area contributed by atoms with Crippen LogP contribution in [0.1, 0.15) is 29.6 Å². The number of nitrogens with zero attached hydrogens (tertiary/aromatic N) is 2. The van der Waals surface area contributed by atoms with Gasteiger partial charge < -0.3 is 10.2 Å². The van der Waals surface area contributed by atoms with Gasteiger partial charge in [-0.15, -0.1) is 24.8 Å². The molecule has 0 spiro atoms. The molecule has 1 N–H and O–H groups in total. The van der Waals surface area contributed by atoms with Crippen LogP contribution >= 0.6 is 24.8 Å². The summed E-state index contributed by atoms with van der Waals surface area (Å²) in [4.78, 5) is 19.5. The van der Waals surface area contributed by atoms with Gasteiger partial charge in [0.15, 0.2) is 0 Å². The molecule has 134 valence electrons. The summed E-state index contributed by atoms with van der Waals surface area (Å²) in [7, 11) is 0. The molecule has 1 aromatic heterocycles. The zero-order chi connectivity index (χ0) is 15.6. The van der Waals surface area contributed by atoms with Gasteiger partial charge in [0.05, 0.1) is 5.56 Å². The number of aromatic nitrogens is 1. The van der Waals surface area contributed by atoms with Crippen LogP contribution < -0.4 is 5.32 Å². The lowest BCUT2D eigenvalue weighted by atomic mass is 10.1. The maximum absolute atomic E-state index is 13.1. The van der Waals surface area contributed by atoms with Gasteiger partial charge in [0.1, 0.15) is 0 Å². The molecule has 4 rings (SSSR count). The van der Waals surface area contributed by atoms with Crippen molar-refractivity contribution in [1.82, 2.24) is 15.2 Å². The average Bonchev–Trinajstić information content (AvgIpc) is 2.88. The van der Waals surface area contributed by atoms with Crippen LogP contribution in [0.4, 0.5) is 0 Å². The van der Waals surface area contributed by atoms with Crippen LogP contribution in [0, 0.1) is 0 Å². The van der Waals surface area contributed by atoms with Gasteiger partial charge in [0, 0.05) is 36.6 Å². The fraction of sp³-hybridized carbons (Fsp3) is 0.368. The number of nitrogens with one attached hydrogen (secondary N) is 1. The van der Waals surface area contributed by atoms with Crippen molar-refractivity contribution >= 4 is 30.7 Å². The van der Waals surface area contributed by atoms with Gasteiger partial charge >= 0.3 is 0 Å². The van der Waals surface area contributed by atoms with Crippen molar-refractivity contribution in [3.8, 4) is 11.1 Å². The van der Waals surface area contributed by atoms with Crippen molar-refractivity contribution in [1.29, 1.82) is 0 Å². The number of benzene rings is 1. The molecule has 0 radical (unpaired) electrons. The lowest BCUT2D eigenvalue weighted by Crippen LogP contribution is -2.42. The molecule has 6 heteroatoms. The van der Waals surface area contributed by atoms with Gasteiger partial charge in [-0.3, -0.25) is 9.78 Å². The number of amides is 1. The Morgan fingerprint density at radius 2 is 1.76 bits per heavy atom. The molecular weight excluding hydrogens is 357 g/mol. The SMILES string of the molecule is Cl.Cl.O=C(c1cncc(-c2ccccc2)c1)N1C2CCNCC1CC2. The van der Waals surface area contributed by atoms with Gasteiger partial charge in [0.25, 0.3) is 5.91 Å². The van der Waals surface area contributed by atoms with E-state index in [-0.39, 0.29) is 30.7 Å². The zero-order valence-electron chi connectivity index (χ0n) is 13.9. The third kappa shape index (κ3) is 3.97. The summed E-state index contributed by atoms with van der Waals surface area (Å²) in [5.74, 6) is 0.131. The highest BCUT2D eigenvalue weighted by Gasteiger charge is 2.38. The lowest BCUT2D eigenvalue weighted by Gasteiger charge is -2.28. The molecule has 2 saturated heterocycles. The van der Waals surface area contributed by atoms with Crippen molar-refractivity contribution in [2.75, 3.05) is 13.1 Å². The van der Waals surface area contributed by atoms with Crippen LogP contribution in [0.2, 0.25) is 0 Å². The van der Waals surface area contributed by atoms with Crippen LogP contribution in [0.3, 0.4) is 0 Å². The second kappa shape index (κ2) is 8.65. The Bertz CT molecular complexity index is 697. The second-order valence-corrected chi connectivity index (χ2v) is 6.42. The molecule has 2 unspecified atom stereocenters. The highest BCUT2D eigenvalue weighted by molar-refractivity contribution is 5.95. The van der Waals surface area contributed by atoms with E-state index in [1.54, 1.807) is 6.20 Å². The molecule has 3 heterocycles. The number of hydrogen-bond donors (Lipinski definition) is 1.